The van der Waals surface area contributed by atoms with E-state index < -0.39 is 0 Å². The molecule has 1 saturated heterocycles. The minimum atomic E-state index is -0.183. The number of methoxy groups -OCH3 is 1. The molecule has 1 rings (SSSR count). The molecule has 0 saturated carbocycles. The van der Waals surface area contributed by atoms with Crippen molar-refractivity contribution in [1.29, 1.82) is 0 Å². The second-order valence-electron chi connectivity index (χ2n) is 3.07. The van der Waals surface area contributed by atoms with E-state index in [0.717, 1.165) is 6.42 Å². The number of esters is 1. The molecule has 0 aromatic rings. The molecule has 2 N–H and O–H groups in total. The molecule has 0 amide bonds. The Hall–Kier alpha value is -0.320. The molecule has 0 bridgehead atoms. The molecule has 2 atom stereocenters. The maximum Gasteiger partial charge on any atom is 0.305 e. The molecule has 13 heavy (non-hydrogen) atoms. The molecule has 1 fully saturated rings. The molecule has 0 unspecified atom stereocenters. The van der Waals surface area contributed by atoms with Crippen molar-refractivity contribution in [1.82, 2.24) is 0 Å². The molecule has 1 heterocycles. The third-order valence-corrected chi connectivity index (χ3v) is 2.21. The minimum absolute atomic E-state index is 0. The van der Waals surface area contributed by atoms with Crippen LogP contribution in [0.4, 0.5) is 0 Å². The molecule has 0 aliphatic carbocycles. The molecule has 1 aliphatic heterocycles. The number of hydrogen-bond donors (Lipinski definition) is 1. The zero-order valence-corrected chi connectivity index (χ0v) is 8.51. The summed E-state index contributed by atoms with van der Waals surface area (Å²) in [6, 6.07) is -0.0159. The highest BCUT2D eigenvalue weighted by molar-refractivity contribution is 5.85. The lowest BCUT2D eigenvalue weighted by Gasteiger charge is -2.27. The molecule has 4 nitrogen and oxygen atoms in total. The van der Waals surface area contributed by atoms with Crippen molar-refractivity contribution in [2.45, 2.75) is 18.9 Å². The predicted octanol–water partition coefficient (Wildman–Crippen LogP) is 0.335. The summed E-state index contributed by atoms with van der Waals surface area (Å²) < 4.78 is 9.72. The van der Waals surface area contributed by atoms with Crippen molar-refractivity contribution < 1.29 is 14.3 Å². The lowest BCUT2D eigenvalue weighted by molar-refractivity contribution is -0.142. The Kier molecular flexibility index (Phi) is 6.03. The normalized spacial score (nSPS) is 27.5. The van der Waals surface area contributed by atoms with E-state index in [1.54, 1.807) is 0 Å². The van der Waals surface area contributed by atoms with Crippen LogP contribution in [0.25, 0.3) is 0 Å². The van der Waals surface area contributed by atoms with Crippen molar-refractivity contribution in [3.05, 3.63) is 0 Å². The monoisotopic (exact) mass is 209 g/mol. The fourth-order valence-corrected chi connectivity index (χ4v) is 1.36. The second-order valence-corrected chi connectivity index (χ2v) is 3.07. The number of ether oxygens (including phenoxy) is 2. The first-order valence-corrected chi connectivity index (χ1v) is 4.14. The van der Waals surface area contributed by atoms with Gasteiger partial charge in [-0.1, -0.05) is 0 Å². The average Bonchev–Trinajstić information content (AvgIpc) is 2.09. The quantitative estimate of drug-likeness (QED) is 0.667. The van der Waals surface area contributed by atoms with Gasteiger partial charge in [0.25, 0.3) is 0 Å². The Morgan fingerprint density at radius 3 is 2.92 bits per heavy atom. The van der Waals surface area contributed by atoms with Crippen LogP contribution in [-0.4, -0.2) is 32.3 Å². The molecule has 0 spiro atoms. The predicted molar refractivity (Wildman–Crippen MR) is 50.8 cm³/mol. The van der Waals surface area contributed by atoms with Crippen LogP contribution in [0, 0.1) is 5.92 Å². The van der Waals surface area contributed by atoms with Crippen molar-refractivity contribution >= 4 is 18.4 Å². The highest BCUT2D eigenvalue weighted by Gasteiger charge is 2.24. The van der Waals surface area contributed by atoms with Gasteiger partial charge in [-0.2, -0.15) is 0 Å². The number of rotatable bonds is 2. The summed E-state index contributed by atoms with van der Waals surface area (Å²) in [6.07, 6.45) is 1.28. The summed E-state index contributed by atoms with van der Waals surface area (Å²) >= 11 is 0. The van der Waals surface area contributed by atoms with E-state index in [9.17, 15) is 4.79 Å². The van der Waals surface area contributed by atoms with Gasteiger partial charge in [-0.3, -0.25) is 4.79 Å². The third-order valence-electron chi connectivity index (χ3n) is 2.21. The topological polar surface area (TPSA) is 61.5 Å². The van der Waals surface area contributed by atoms with Gasteiger partial charge >= 0.3 is 5.97 Å². The molecule has 78 valence electrons. The molecule has 0 radical (unpaired) electrons. The molecule has 0 aromatic carbocycles. The van der Waals surface area contributed by atoms with E-state index in [1.807, 2.05) is 0 Å². The van der Waals surface area contributed by atoms with Crippen LogP contribution in [0.5, 0.6) is 0 Å². The summed E-state index contributed by atoms with van der Waals surface area (Å²) in [6.45, 7) is 1.26. The number of nitrogens with two attached hydrogens (primary N) is 1. The van der Waals surface area contributed by atoms with Crippen molar-refractivity contribution in [2.24, 2.45) is 11.7 Å². The van der Waals surface area contributed by atoms with E-state index >= 15 is 0 Å². The second kappa shape index (κ2) is 6.18. The van der Waals surface area contributed by atoms with Gasteiger partial charge in [-0.15, -0.1) is 12.4 Å². The molecule has 1 aliphatic rings. The fourth-order valence-electron chi connectivity index (χ4n) is 1.36. The van der Waals surface area contributed by atoms with Crippen LogP contribution in [-0.2, 0) is 14.3 Å². The van der Waals surface area contributed by atoms with Gasteiger partial charge in [0.2, 0.25) is 0 Å². The Morgan fingerprint density at radius 2 is 2.38 bits per heavy atom. The van der Waals surface area contributed by atoms with E-state index in [1.165, 1.54) is 7.11 Å². The standard InChI is InChI=1S/C8H15NO3.ClH/c1-11-8(10)4-6-2-3-12-5-7(6)9;/h6-7H,2-5,9H2,1H3;1H/t6-,7-;/m1./s1. The van der Waals surface area contributed by atoms with Crippen molar-refractivity contribution in [3.8, 4) is 0 Å². The number of halogens is 1. The summed E-state index contributed by atoms with van der Waals surface area (Å²) in [7, 11) is 1.40. The highest BCUT2D eigenvalue weighted by Crippen LogP contribution is 2.17. The van der Waals surface area contributed by atoms with Gasteiger partial charge in [0, 0.05) is 19.1 Å². The Morgan fingerprint density at radius 1 is 1.69 bits per heavy atom. The first kappa shape index (κ1) is 12.7. The van der Waals surface area contributed by atoms with Gasteiger partial charge < -0.3 is 15.2 Å². The van der Waals surface area contributed by atoms with Gasteiger partial charge in [-0.25, -0.2) is 0 Å². The number of carbonyl (C=O) groups excluding carboxylic acids is 1. The summed E-state index contributed by atoms with van der Waals surface area (Å²) in [5.74, 6) is 0.0450. The van der Waals surface area contributed by atoms with Crippen LogP contribution in [0.2, 0.25) is 0 Å². The minimum Gasteiger partial charge on any atom is -0.469 e. The lowest BCUT2D eigenvalue weighted by Crippen LogP contribution is -2.40. The van der Waals surface area contributed by atoms with Crippen molar-refractivity contribution in [2.75, 3.05) is 20.3 Å². The Balaban J connectivity index is 0.00000144. The van der Waals surface area contributed by atoms with E-state index in [4.69, 9.17) is 10.5 Å². The molecular weight excluding hydrogens is 194 g/mol. The zero-order valence-electron chi connectivity index (χ0n) is 7.69. The van der Waals surface area contributed by atoms with Gasteiger partial charge in [0.05, 0.1) is 13.7 Å². The lowest BCUT2D eigenvalue weighted by atomic mass is 9.92. The van der Waals surface area contributed by atoms with Crippen LogP contribution < -0.4 is 5.73 Å². The molecule has 5 heteroatoms. The first-order valence-electron chi connectivity index (χ1n) is 4.14. The molecule has 0 aromatic heterocycles. The van der Waals surface area contributed by atoms with Crippen molar-refractivity contribution in [3.63, 3.8) is 0 Å². The van der Waals surface area contributed by atoms with E-state index in [0.29, 0.717) is 19.6 Å². The number of carbonyl (C=O) groups is 1. The van der Waals surface area contributed by atoms with Crippen LogP contribution in [0.15, 0.2) is 0 Å². The highest BCUT2D eigenvalue weighted by atomic mass is 35.5. The summed E-state index contributed by atoms with van der Waals surface area (Å²) in [5, 5.41) is 0. The average molecular weight is 210 g/mol. The SMILES string of the molecule is COC(=O)C[C@H]1CCOC[C@H]1N.Cl. The zero-order chi connectivity index (χ0) is 8.97. The molecular formula is C8H16ClNO3. The first-order chi connectivity index (χ1) is 5.74. The maximum absolute atomic E-state index is 10.9. The van der Waals surface area contributed by atoms with Crippen LogP contribution >= 0.6 is 12.4 Å². The van der Waals surface area contributed by atoms with E-state index in [2.05, 4.69) is 4.74 Å². The summed E-state index contributed by atoms with van der Waals surface area (Å²) in [4.78, 5) is 10.9. The fraction of sp³-hybridized carbons (Fsp3) is 0.875. The maximum atomic E-state index is 10.9. The Bertz CT molecular complexity index is 165. The largest absolute Gasteiger partial charge is 0.469 e. The van der Waals surface area contributed by atoms with Gasteiger partial charge in [0.1, 0.15) is 0 Å². The smallest absolute Gasteiger partial charge is 0.305 e. The third kappa shape index (κ3) is 3.93. The van der Waals surface area contributed by atoms with E-state index in [-0.39, 0.29) is 30.3 Å². The van der Waals surface area contributed by atoms with Crippen LogP contribution in [0.3, 0.4) is 0 Å². The number of hydrogen-bond acceptors (Lipinski definition) is 4. The Labute approximate surface area is 84.2 Å². The van der Waals surface area contributed by atoms with Crippen LogP contribution in [0.1, 0.15) is 12.8 Å². The summed E-state index contributed by atoms with van der Waals surface area (Å²) in [5.41, 5.74) is 5.75. The van der Waals surface area contributed by atoms with Gasteiger partial charge in [-0.05, 0) is 12.3 Å². The van der Waals surface area contributed by atoms with Gasteiger partial charge in [0.15, 0.2) is 0 Å².